The molecule has 43 heavy (non-hydrogen) atoms. The van der Waals surface area contributed by atoms with Crippen LogP contribution in [0.15, 0.2) is 60.7 Å². The first-order chi connectivity index (χ1) is 20.3. The van der Waals surface area contributed by atoms with Crippen LogP contribution in [-0.2, 0) is 36.8 Å². The van der Waals surface area contributed by atoms with E-state index >= 15 is 0 Å². The fourth-order valence-electron chi connectivity index (χ4n) is 4.44. The molecule has 5 unspecified atom stereocenters. The van der Waals surface area contributed by atoms with Crippen LogP contribution in [0, 0.1) is 11.8 Å². The SMILES string of the molecule is CC(C)CC(N)C(=O)NC(C(=O)NC(Cc1ccccc1)C(=O)NC(Cc1ccccc1)C(=O)NC(C)C(=O)O)C(C)C. The summed E-state index contributed by atoms with van der Waals surface area (Å²) in [6, 6.07) is 12.9. The Balaban J connectivity index is 2.32. The largest absolute Gasteiger partial charge is 0.480 e. The number of carbonyl (C=O) groups excluding carboxylic acids is 4. The standard InChI is InChI=1S/C32H45N5O6/c1-19(2)16-24(33)28(38)37-27(20(3)4)31(41)36-26(18-23-14-10-7-11-15-23)30(40)35-25(17-22-12-8-6-9-13-22)29(39)34-21(5)32(42)43/h6-15,19-21,24-27H,16-18,33H2,1-5H3,(H,34,39)(H,35,40)(H,36,41)(H,37,38)(H,42,43). The number of amides is 4. The van der Waals surface area contributed by atoms with Gasteiger partial charge in [0.15, 0.2) is 0 Å². The number of carboxylic acids is 1. The molecule has 0 heterocycles. The van der Waals surface area contributed by atoms with Gasteiger partial charge in [0.05, 0.1) is 6.04 Å². The van der Waals surface area contributed by atoms with Crippen molar-refractivity contribution < 1.29 is 29.1 Å². The van der Waals surface area contributed by atoms with E-state index in [1.54, 1.807) is 50.2 Å². The summed E-state index contributed by atoms with van der Waals surface area (Å²) in [6.45, 7) is 8.76. The van der Waals surface area contributed by atoms with E-state index in [-0.39, 0.29) is 24.7 Å². The van der Waals surface area contributed by atoms with Gasteiger partial charge in [-0.05, 0) is 36.3 Å². The molecule has 2 aromatic rings. The first-order valence-electron chi connectivity index (χ1n) is 14.6. The summed E-state index contributed by atoms with van der Waals surface area (Å²) in [6.07, 6.45) is 0.646. The van der Waals surface area contributed by atoms with Crippen LogP contribution in [0.3, 0.4) is 0 Å². The molecule has 4 amide bonds. The number of nitrogens with two attached hydrogens (primary N) is 1. The molecule has 0 saturated carbocycles. The number of carbonyl (C=O) groups is 5. The van der Waals surface area contributed by atoms with Crippen LogP contribution in [0.4, 0.5) is 0 Å². The van der Waals surface area contributed by atoms with Crippen molar-refractivity contribution in [1.82, 2.24) is 21.3 Å². The number of hydrogen-bond acceptors (Lipinski definition) is 6. The van der Waals surface area contributed by atoms with Crippen LogP contribution in [-0.4, -0.2) is 64.9 Å². The third-order valence-corrected chi connectivity index (χ3v) is 6.87. The third kappa shape index (κ3) is 11.9. The van der Waals surface area contributed by atoms with E-state index in [1.165, 1.54) is 6.92 Å². The molecule has 2 rings (SSSR count). The summed E-state index contributed by atoms with van der Waals surface area (Å²) in [5.41, 5.74) is 7.54. The fraction of sp³-hybridized carbons (Fsp3) is 0.469. The summed E-state index contributed by atoms with van der Waals surface area (Å²) >= 11 is 0. The zero-order valence-electron chi connectivity index (χ0n) is 25.5. The lowest BCUT2D eigenvalue weighted by molar-refractivity contribution is -0.141. The molecule has 0 aliphatic carbocycles. The van der Waals surface area contributed by atoms with Crippen LogP contribution in [0.25, 0.3) is 0 Å². The molecular formula is C32H45N5O6. The predicted octanol–water partition coefficient (Wildman–Crippen LogP) is 1.54. The van der Waals surface area contributed by atoms with Crippen molar-refractivity contribution in [3.05, 3.63) is 71.8 Å². The van der Waals surface area contributed by atoms with Crippen LogP contribution in [0.2, 0.25) is 0 Å². The van der Waals surface area contributed by atoms with Gasteiger partial charge in [0, 0.05) is 12.8 Å². The topological polar surface area (TPSA) is 180 Å². The zero-order chi connectivity index (χ0) is 32.1. The van der Waals surface area contributed by atoms with Crippen molar-refractivity contribution in [2.45, 2.75) is 84.1 Å². The van der Waals surface area contributed by atoms with E-state index in [1.807, 2.05) is 38.1 Å². The van der Waals surface area contributed by atoms with Gasteiger partial charge < -0.3 is 32.1 Å². The Labute approximate surface area is 253 Å². The maximum atomic E-state index is 13.7. The van der Waals surface area contributed by atoms with Crippen LogP contribution >= 0.6 is 0 Å². The minimum absolute atomic E-state index is 0.0924. The average Bonchev–Trinajstić information content (AvgIpc) is 2.95. The molecule has 0 bridgehead atoms. The molecule has 0 radical (unpaired) electrons. The average molecular weight is 596 g/mol. The van der Waals surface area contributed by atoms with E-state index in [9.17, 15) is 29.1 Å². The lowest BCUT2D eigenvalue weighted by Gasteiger charge is -2.28. The minimum Gasteiger partial charge on any atom is -0.480 e. The quantitative estimate of drug-likeness (QED) is 0.170. The molecule has 0 aliphatic heterocycles. The van der Waals surface area contributed by atoms with Gasteiger partial charge in [0.2, 0.25) is 23.6 Å². The summed E-state index contributed by atoms with van der Waals surface area (Å²) in [5, 5.41) is 19.9. The molecule has 0 aliphatic rings. The Hall–Kier alpha value is -4.25. The zero-order valence-corrected chi connectivity index (χ0v) is 25.5. The van der Waals surface area contributed by atoms with Crippen LogP contribution in [0.5, 0.6) is 0 Å². The van der Waals surface area contributed by atoms with Crippen molar-refractivity contribution in [1.29, 1.82) is 0 Å². The van der Waals surface area contributed by atoms with Gasteiger partial charge in [-0.15, -0.1) is 0 Å². The maximum Gasteiger partial charge on any atom is 0.325 e. The molecule has 234 valence electrons. The Morgan fingerprint density at radius 1 is 0.651 bits per heavy atom. The fourth-order valence-corrected chi connectivity index (χ4v) is 4.44. The lowest BCUT2D eigenvalue weighted by Crippen LogP contribution is -2.60. The van der Waals surface area contributed by atoms with Gasteiger partial charge in [0.25, 0.3) is 0 Å². The lowest BCUT2D eigenvalue weighted by atomic mass is 9.99. The third-order valence-electron chi connectivity index (χ3n) is 6.87. The molecular weight excluding hydrogens is 550 g/mol. The number of rotatable bonds is 16. The number of nitrogens with one attached hydrogen (secondary N) is 4. The van der Waals surface area contributed by atoms with E-state index in [4.69, 9.17) is 5.73 Å². The van der Waals surface area contributed by atoms with E-state index in [2.05, 4.69) is 21.3 Å². The monoisotopic (exact) mass is 595 g/mol. The van der Waals surface area contributed by atoms with Gasteiger partial charge in [-0.1, -0.05) is 88.4 Å². The second-order valence-corrected chi connectivity index (χ2v) is 11.5. The van der Waals surface area contributed by atoms with Crippen molar-refractivity contribution in [3.8, 4) is 0 Å². The Morgan fingerprint density at radius 2 is 1.09 bits per heavy atom. The van der Waals surface area contributed by atoms with Crippen molar-refractivity contribution in [2.75, 3.05) is 0 Å². The molecule has 7 N–H and O–H groups in total. The summed E-state index contributed by atoms with van der Waals surface area (Å²) in [5.74, 6) is -3.69. The highest BCUT2D eigenvalue weighted by Crippen LogP contribution is 2.10. The molecule has 0 aromatic heterocycles. The second-order valence-electron chi connectivity index (χ2n) is 11.5. The molecule has 2 aromatic carbocycles. The number of carboxylic acid groups (broad SMARTS) is 1. The van der Waals surface area contributed by atoms with Gasteiger partial charge in [-0.25, -0.2) is 0 Å². The molecule has 0 saturated heterocycles. The molecule has 5 atom stereocenters. The molecule has 11 heteroatoms. The van der Waals surface area contributed by atoms with Crippen molar-refractivity contribution in [2.24, 2.45) is 17.6 Å². The Bertz CT molecular complexity index is 1220. The highest BCUT2D eigenvalue weighted by atomic mass is 16.4. The highest BCUT2D eigenvalue weighted by molar-refractivity contribution is 5.95. The molecule has 11 nitrogen and oxygen atoms in total. The Morgan fingerprint density at radius 3 is 1.51 bits per heavy atom. The summed E-state index contributed by atoms with van der Waals surface area (Å²) < 4.78 is 0. The maximum absolute atomic E-state index is 13.7. The second kappa shape index (κ2) is 17.0. The smallest absolute Gasteiger partial charge is 0.325 e. The number of hydrogen-bond donors (Lipinski definition) is 6. The van der Waals surface area contributed by atoms with Gasteiger partial charge in [-0.2, -0.15) is 0 Å². The highest BCUT2D eigenvalue weighted by Gasteiger charge is 2.32. The van der Waals surface area contributed by atoms with Gasteiger partial charge in [-0.3, -0.25) is 24.0 Å². The molecule has 0 spiro atoms. The van der Waals surface area contributed by atoms with E-state index in [0.29, 0.717) is 6.42 Å². The summed E-state index contributed by atoms with van der Waals surface area (Å²) in [4.78, 5) is 64.5. The minimum atomic E-state index is -1.22. The first-order valence-corrected chi connectivity index (χ1v) is 14.6. The normalized spacial score (nSPS) is 14.6. The van der Waals surface area contributed by atoms with Crippen LogP contribution in [0.1, 0.15) is 52.2 Å². The number of benzene rings is 2. The first kappa shape index (κ1) is 34.9. The molecule has 0 fully saturated rings. The van der Waals surface area contributed by atoms with Crippen molar-refractivity contribution >= 4 is 29.6 Å². The van der Waals surface area contributed by atoms with E-state index in [0.717, 1.165) is 11.1 Å². The predicted molar refractivity (Wildman–Crippen MR) is 164 cm³/mol. The Kier molecular flexibility index (Phi) is 13.8. The number of aliphatic carboxylic acids is 1. The van der Waals surface area contributed by atoms with Gasteiger partial charge in [0.1, 0.15) is 24.2 Å². The van der Waals surface area contributed by atoms with E-state index < -0.39 is 59.8 Å². The van der Waals surface area contributed by atoms with Gasteiger partial charge >= 0.3 is 5.97 Å². The summed E-state index contributed by atoms with van der Waals surface area (Å²) in [7, 11) is 0. The van der Waals surface area contributed by atoms with Crippen molar-refractivity contribution in [3.63, 3.8) is 0 Å². The van der Waals surface area contributed by atoms with Crippen LogP contribution < -0.4 is 27.0 Å².